The van der Waals surface area contributed by atoms with Gasteiger partial charge in [0.15, 0.2) is 11.9 Å². The van der Waals surface area contributed by atoms with Gasteiger partial charge in [-0.1, -0.05) is 13.8 Å². The lowest BCUT2D eigenvalue weighted by Gasteiger charge is -2.16. The molecule has 3 heterocycles. The van der Waals surface area contributed by atoms with Gasteiger partial charge in [0.2, 0.25) is 5.95 Å². The Bertz CT molecular complexity index is 724. The highest BCUT2D eigenvalue weighted by Gasteiger charge is 2.44. The molecule has 132 valence electrons. The summed E-state index contributed by atoms with van der Waals surface area (Å²) in [5.74, 6) is 1.43. The minimum absolute atomic E-state index is 0.0993. The zero-order valence-electron chi connectivity index (χ0n) is 13.4. The minimum atomic E-state index is -1.21. The third-order valence-electron chi connectivity index (χ3n) is 3.75. The maximum atomic E-state index is 10.2. The number of aliphatic hydroxyl groups excluding tert-OH is 3. The summed E-state index contributed by atoms with van der Waals surface area (Å²) in [7, 11) is 0. The van der Waals surface area contributed by atoms with E-state index in [0.29, 0.717) is 22.1 Å². The average molecular weight is 355 g/mol. The van der Waals surface area contributed by atoms with Crippen molar-refractivity contribution in [3.8, 4) is 0 Å². The maximum absolute atomic E-state index is 10.2. The molecule has 0 spiro atoms. The summed E-state index contributed by atoms with van der Waals surface area (Å²) in [6.07, 6.45) is -2.69. The second kappa shape index (κ2) is 6.81. The largest absolute Gasteiger partial charge is 0.394 e. The van der Waals surface area contributed by atoms with E-state index in [9.17, 15) is 15.3 Å². The van der Waals surface area contributed by atoms with E-state index in [0.717, 1.165) is 5.75 Å². The molecule has 1 aliphatic rings. The molecule has 1 aliphatic heterocycles. The van der Waals surface area contributed by atoms with E-state index >= 15 is 0 Å². The van der Waals surface area contributed by atoms with Crippen LogP contribution in [0.4, 0.5) is 5.95 Å². The van der Waals surface area contributed by atoms with E-state index in [-0.39, 0.29) is 5.95 Å². The molecule has 1 saturated heterocycles. The van der Waals surface area contributed by atoms with Crippen LogP contribution in [0.5, 0.6) is 0 Å². The first-order valence-electron chi connectivity index (χ1n) is 7.67. The number of imidazole rings is 1. The average Bonchev–Trinajstić information content (AvgIpc) is 3.07. The van der Waals surface area contributed by atoms with Crippen LogP contribution in [0, 0.1) is 5.92 Å². The highest BCUT2D eigenvalue weighted by atomic mass is 32.2. The van der Waals surface area contributed by atoms with Crippen molar-refractivity contribution in [3.05, 3.63) is 6.33 Å². The Labute approximate surface area is 142 Å². The quantitative estimate of drug-likeness (QED) is 0.423. The Morgan fingerprint density at radius 2 is 2.08 bits per heavy atom. The zero-order valence-corrected chi connectivity index (χ0v) is 14.2. The molecule has 4 atom stereocenters. The summed E-state index contributed by atoms with van der Waals surface area (Å²) in [5, 5.41) is 30.0. The Kier molecular flexibility index (Phi) is 4.92. The maximum Gasteiger partial charge on any atom is 0.223 e. The van der Waals surface area contributed by atoms with Crippen LogP contribution in [0.15, 0.2) is 11.4 Å². The molecule has 0 unspecified atom stereocenters. The number of ether oxygens (including phenoxy) is 1. The number of thioether (sulfide) groups is 1. The standard InChI is InChI=1S/C14H21N5O4S/c1-6(2)4-24-12-8-11(17-14(15)18-12)19(5-16-8)13-10(22)9(21)7(3-20)23-13/h5-7,9-10,13,20-22H,3-4H2,1-2H3,(H2,15,17,18)/t7-,9+,10+,13-/m0/s1. The van der Waals surface area contributed by atoms with Crippen molar-refractivity contribution in [1.82, 2.24) is 19.5 Å². The Morgan fingerprint density at radius 3 is 2.71 bits per heavy atom. The number of nitrogens with two attached hydrogens (primary N) is 1. The van der Waals surface area contributed by atoms with Gasteiger partial charge in [-0.3, -0.25) is 4.57 Å². The van der Waals surface area contributed by atoms with Crippen LogP contribution in [0.3, 0.4) is 0 Å². The normalized spacial score (nSPS) is 27.4. The van der Waals surface area contributed by atoms with Crippen LogP contribution in [0.25, 0.3) is 11.2 Å². The smallest absolute Gasteiger partial charge is 0.223 e. The lowest BCUT2D eigenvalue weighted by molar-refractivity contribution is -0.0511. The fourth-order valence-electron chi connectivity index (χ4n) is 2.55. The van der Waals surface area contributed by atoms with Crippen LogP contribution in [0.1, 0.15) is 20.1 Å². The molecule has 0 saturated carbocycles. The molecule has 24 heavy (non-hydrogen) atoms. The number of rotatable bonds is 5. The monoisotopic (exact) mass is 355 g/mol. The summed E-state index contributed by atoms with van der Waals surface area (Å²) in [4.78, 5) is 12.8. The fourth-order valence-corrected chi connectivity index (χ4v) is 3.48. The number of nitrogens with zero attached hydrogens (tertiary/aromatic N) is 4. The van der Waals surface area contributed by atoms with Crippen molar-refractivity contribution in [3.63, 3.8) is 0 Å². The van der Waals surface area contributed by atoms with Gasteiger partial charge < -0.3 is 25.8 Å². The summed E-state index contributed by atoms with van der Waals surface area (Å²) in [5.41, 5.74) is 6.79. The Balaban J connectivity index is 1.98. The molecule has 0 bridgehead atoms. The predicted molar refractivity (Wildman–Crippen MR) is 88.3 cm³/mol. The van der Waals surface area contributed by atoms with Gasteiger partial charge in [-0.15, -0.1) is 11.8 Å². The zero-order chi connectivity index (χ0) is 17.4. The molecule has 10 heteroatoms. The third kappa shape index (κ3) is 3.07. The van der Waals surface area contributed by atoms with Crippen LogP contribution in [-0.4, -0.2) is 65.5 Å². The molecule has 0 amide bonds. The molecule has 3 rings (SSSR count). The van der Waals surface area contributed by atoms with E-state index in [4.69, 9.17) is 10.5 Å². The van der Waals surface area contributed by atoms with Gasteiger partial charge in [-0.25, -0.2) is 9.97 Å². The number of hydrogen-bond donors (Lipinski definition) is 4. The molecule has 2 aromatic rings. The second-order valence-electron chi connectivity index (χ2n) is 6.14. The van der Waals surface area contributed by atoms with Gasteiger partial charge in [-0.05, 0) is 5.92 Å². The molecule has 2 aromatic heterocycles. The Hall–Kier alpha value is -1.46. The van der Waals surface area contributed by atoms with Gasteiger partial charge in [-0.2, -0.15) is 4.98 Å². The molecule has 0 radical (unpaired) electrons. The van der Waals surface area contributed by atoms with E-state index < -0.39 is 31.1 Å². The van der Waals surface area contributed by atoms with Gasteiger partial charge in [0, 0.05) is 5.75 Å². The second-order valence-corrected chi connectivity index (χ2v) is 7.15. The lowest BCUT2D eigenvalue weighted by Crippen LogP contribution is -2.33. The number of hydrogen-bond acceptors (Lipinski definition) is 9. The fraction of sp³-hybridized carbons (Fsp3) is 0.643. The molecule has 1 fully saturated rings. The first kappa shape index (κ1) is 17.4. The van der Waals surface area contributed by atoms with Crippen molar-refractivity contribution >= 4 is 28.9 Å². The van der Waals surface area contributed by atoms with Gasteiger partial charge in [0.1, 0.15) is 28.9 Å². The summed E-state index contributed by atoms with van der Waals surface area (Å²) >= 11 is 1.53. The van der Waals surface area contributed by atoms with Gasteiger partial charge in [0.25, 0.3) is 0 Å². The van der Waals surface area contributed by atoms with E-state index in [1.165, 1.54) is 22.7 Å². The molecular formula is C14H21N5O4S. The third-order valence-corrected chi connectivity index (χ3v) is 5.14. The van der Waals surface area contributed by atoms with Gasteiger partial charge >= 0.3 is 0 Å². The SMILES string of the molecule is CC(C)CSc1nc(N)nc2c1ncn2[C@H]1O[C@@H](CO)[C@@H](O)[C@H]1O. The van der Waals surface area contributed by atoms with Crippen LogP contribution in [-0.2, 0) is 4.74 Å². The first-order chi connectivity index (χ1) is 11.4. The number of anilines is 1. The predicted octanol–water partition coefficient (Wildman–Crippen LogP) is -0.232. The van der Waals surface area contributed by atoms with Crippen LogP contribution >= 0.6 is 11.8 Å². The summed E-state index contributed by atoms with van der Waals surface area (Å²) < 4.78 is 7.04. The molecule has 5 N–H and O–H groups in total. The van der Waals surface area contributed by atoms with E-state index in [2.05, 4.69) is 28.8 Å². The van der Waals surface area contributed by atoms with Crippen LogP contribution < -0.4 is 5.73 Å². The van der Waals surface area contributed by atoms with Crippen LogP contribution in [0.2, 0.25) is 0 Å². The molecule has 9 nitrogen and oxygen atoms in total. The molecular weight excluding hydrogens is 334 g/mol. The lowest BCUT2D eigenvalue weighted by atomic mass is 10.1. The van der Waals surface area contributed by atoms with Crippen molar-refractivity contribution in [2.75, 3.05) is 18.1 Å². The number of nitrogen functional groups attached to an aromatic ring is 1. The van der Waals surface area contributed by atoms with E-state index in [1.807, 2.05) is 0 Å². The number of aliphatic hydroxyl groups is 3. The highest BCUT2D eigenvalue weighted by molar-refractivity contribution is 7.99. The van der Waals surface area contributed by atoms with Crippen molar-refractivity contribution in [2.24, 2.45) is 5.92 Å². The summed E-state index contributed by atoms with van der Waals surface area (Å²) in [6.45, 7) is 3.81. The summed E-state index contributed by atoms with van der Waals surface area (Å²) in [6, 6.07) is 0. The number of fused-ring (bicyclic) bond motifs is 1. The molecule has 0 aliphatic carbocycles. The minimum Gasteiger partial charge on any atom is -0.394 e. The van der Waals surface area contributed by atoms with E-state index in [1.54, 1.807) is 0 Å². The van der Waals surface area contributed by atoms with Gasteiger partial charge in [0.05, 0.1) is 12.9 Å². The number of aromatic nitrogens is 4. The van der Waals surface area contributed by atoms with Crippen molar-refractivity contribution in [1.29, 1.82) is 0 Å². The first-order valence-corrected chi connectivity index (χ1v) is 8.66. The molecule has 0 aromatic carbocycles. The highest BCUT2D eigenvalue weighted by Crippen LogP contribution is 2.33. The Morgan fingerprint density at radius 1 is 1.33 bits per heavy atom. The van der Waals surface area contributed by atoms with Crippen molar-refractivity contribution < 1.29 is 20.1 Å². The van der Waals surface area contributed by atoms with Crippen molar-refractivity contribution in [2.45, 2.75) is 43.4 Å². The topological polar surface area (TPSA) is 140 Å².